The van der Waals surface area contributed by atoms with Crippen LogP contribution in [0.4, 0.5) is 0 Å². The SMILES string of the molecule is CC(=O)n1ncnc1C(N)=O. The molecule has 6 heteroatoms. The monoisotopic (exact) mass is 154 g/mol. The molecule has 1 aromatic rings. The molecule has 0 aliphatic heterocycles. The van der Waals surface area contributed by atoms with Crippen molar-refractivity contribution in [2.24, 2.45) is 5.73 Å². The molecule has 1 amide bonds. The van der Waals surface area contributed by atoms with Gasteiger partial charge in [0.05, 0.1) is 0 Å². The van der Waals surface area contributed by atoms with E-state index in [2.05, 4.69) is 10.1 Å². The summed E-state index contributed by atoms with van der Waals surface area (Å²) in [6.07, 6.45) is 1.10. The zero-order chi connectivity index (χ0) is 8.43. The van der Waals surface area contributed by atoms with Gasteiger partial charge in [0, 0.05) is 6.92 Å². The first-order chi connectivity index (χ1) is 5.13. The number of carbonyl (C=O) groups is 2. The van der Waals surface area contributed by atoms with Crippen LogP contribution in [0.25, 0.3) is 0 Å². The number of nitrogens with zero attached hydrogens (tertiary/aromatic N) is 3. The van der Waals surface area contributed by atoms with Gasteiger partial charge in [-0.1, -0.05) is 0 Å². The highest BCUT2D eigenvalue weighted by Gasteiger charge is 2.12. The van der Waals surface area contributed by atoms with E-state index in [1.165, 1.54) is 6.92 Å². The molecule has 0 spiro atoms. The number of hydrogen-bond donors (Lipinski definition) is 1. The number of rotatable bonds is 1. The lowest BCUT2D eigenvalue weighted by molar-refractivity contribution is 0.0888. The van der Waals surface area contributed by atoms with Gasteiger partial charge in [-0.3, -0.25) is 9.59 Å². The standard InChI is InChI=1S/C5H6N4O2/c1-3(10)9-5(4(6)11)7-2-8-9/h2H,1H3,(H2,6,11). The fourth-order valence-electron chi connectivity index (χ4n) is 0.640. The molecular weight excluding hydrogens is 148 g/mol. The molecule has 11 heavy (non-hydrogen) atoms. The van der Waals surface area contributed by atoms with Gasteiger partial charge in [-0.25, -0.2) is 4.98 Å². The van der Waals surface area contributed by atoms with Crippen LogP contribution in [-0.2, 0) is 0 Å². The molecule has 0 unspecified atom stereocenters. The topological polar surface area (TPSA) is 90.9 Å². The van der Waals surface area contributed by atoms with Crippen molar-refractivity contribution in [3.05, 3.63) is 12.2 Å². The Bertz CT molecular complexity index is 275. The third kappa shape index (κ3) is 1.23. The van der Waals surface area contributed by atoms with Crippen LogP contribution >= 0.6 is 0 Å². The number of primary amides is 1. The van der Waals surface area contributed by atoms with Gasteiger partial charge in [-0.15, -0.1) is 0 Å². The minimum Gasteiger partial charge on any atom is -0.363 e. The Morgan fingerprint density at radius 1 is 1.64 bits per heavy atom. The van der Waals surface area contributed by atoms with Crippen molar-refractivity contribution in [1.82, 2.24) is 14.8 Å². The third-order valence-corrected chi connectivity index (χ3v) is 1.07. The molecule has 0 radical (unpaired) electrons. The maximum atomic E-state index is 10.7. The lowest BCUT2D eigenvalue weighted by atomic mass is 10.5. The zero-order valence-corrected chi connectivity index (χ0v) is 5.81. The first-order valence-electron chi connectivity index (χ1n) is 2.83. The summed E-state index contributed by atoms with van der Waals surface area (Å²) in [5, 5.41) is 3.49. The highest BCUT2D eigenvalue weighted by Crippen LogP contribution is 1.90. The third-order valence-electron chi connectivity index (χ3n) is 1.07. The zero-order valence-electron chi connectivity index (χ0n) is 5.81. The van der Waals surface area contributed by atoms with E-state index in [4.69, 9.17) is 5.73 Å². The molecule has 2 N–H and O–H groups in total. The summed E-state index contributed by atoms with van der Waals surface area (Å²) >= 11 is 0. The summed E-state index contributed by atoms with van der Waals surface area (Å²) in [4.78, 5) is 24.7. The highest BCUT2D eigenvalue weighted by atomic mass is 16.2. The largest absolute Gasteiger partial charge is 0.363 e. The Morgan fingerprint density at radius 3 is 2.64 bits per heavy atom. The molecule has 0 bridgehead atoms. The predicted octanol–water partition coefficient (Wildman–Crippen LogP) is -0.963. The molecule has 1 rings (SSSR count). The molecule has 0 aromatic carbocycles. The summed E-state index contributed by atoms with van der Waals surface area (Å²) in [6.45, 7) is 1.26. The van der Waals surface area contributed by atoms with Crippen LogP contribution in [0, 0.1) is 0 Å². The fraction of sp³-hybridized carbons (Fsp3) is 0.200. The van der Waals surface area contributed by atoms with Crippen LogP contribution in [0.3, 0.4) is 0 Å². The number of hydrogen-bond acceptors (Lipinski definition) is 4. The number of carbonyl (C=O) groups excluding carboxylic acids is 2. The van der Waals surface area contributed by atoms with Crippen molar-refractivity contribution in [1.29, 1.82) is 0 Å². The van der Waals surface area contributed by atoms with Crippen molar-refractivity contribution < 1.29 is 9.59 Å². The molecule has 0 fully saturated rings. The molecular formula is C5H6N4O2. The second kappa shape index (κ2) is 2.49. The Kier molecular flexibility index (Phi) is 1.67. The predicted molar refractivity (Wildman–Crippen MR) is 34.8 cm³/mol. The second-order valence-corrected chi connectivity index (χ2v) is 1.88. The Morgan fingerprint density at radius 2 is 2.27 bits per heavy atom. The molecule has 1 aromatic heterocycles. The van der Waals surface area contributed by atoms with Crippen LogP contribution in [0.5, 0.6) is 0 Å². The smallest absolute Gasteiger partial charge is 0.286 e. The quantitative estimate of drug-likeness (QED) is 0.563. The van der Waals surface area contributed by atoms with E-state index in [-0.39, 0.29) is 5.82 Å². The van der Waals surface area contributed by atoms with Gasteiger partial charge in [-0.2, -0.15) is 9.78 Å². The van der Waals surface area contributed by atoms with E-state index in [0.29, 0.717) is 0 Å². The first kappa shape index (κ1) is 7.39. The summed E-state index contributed by atoms with van der Waals surface area (Å²) in [5.74, 6) is -1.30. The molecule has 6 nitrogen and oxygen atoms in total. The Balaban J connectivity index is 3.16. The fourth-order valence-corrected chi connectivity index (χ4v) is 0.640. The van der Waals surface area contributed by atoms with Gasteiger partial charge in [0.1, 0.15) is 6.33 Å². The van der Waals surface area contributed by atoms with E-state index in [0.717, 1.165) is 11.0 Å². The molecule has 0 atom stereocenters. The van der Waals surface area contributed by atoms with E-state index in [9.17, 15) is 9.59 Å². The molecule has 0 aliphatic carbocycles. The van der Waals surface area contributed by atoms with E-state index >= 15 is 0 Å². The van der Waals surface area contributed by atoms with Crippen molar-refractivity contribution >= 4 is 11.8 Å². The van der Waals surface area contributed by atoms with Crippen LogP contribution < -0.4 is 5.73 Å². The second-order valence-electron chi connectivity index (χ2n) is 1.88. The maximum Gasteiger partial charge on any atom is 0.286 e. The molecule has 0 saturated carbocycles. The first-order valence-corrected chi connectivity index (χ1v) is 2.83. The summed E-state index contributed by atoms with van der Waals surface area (Å²) in [6, 6.07) is 0. The Labute approximate surface area is 62.0 Å². The van der Waals surface area contributed by atoms with Crippen LogP contribution in [-0.4, -0.2) is 26.6 Å². The maximum absolute atomic E-state index is 10.7. The average Bonchev–Trinajstić information content (AvgIpc) is 2.32. The van der Waals surface area contributed by atoms with E-state index in [1.807, 2.05) is 0 Å². The van der Waals surface area contributed by atoms with Crippen molar-refractivity contribution in [3.8, 4) is 0 Å². The lowest BCUT2D eigenvalue weighted by Crippen LogP contribution is -2.21. The van der Waals surface area contributed by atoms with Gasteiger partial charge >= 0.3 is 0 Å². The van der Waals surface area contributed by atoms with Crippen molar-refractivity contribution in [2.75, 3.05) is 0 Å². The van der Waals surface area contributed by atoms with Gasteiger partial charge < -0.3 is 5.73 Å². The van der Waals surface area contributed by atoms with Crippen LogP contribution in [0.2, 0.25) is 0 Å². The van der Waals surface area contributed by atoms with E-state index in [1.54, 1.807) is 0 Å². The minimum absolute atomic E-state index is 0.141. The number of nitrogens with two attached hydrogens (primary N) is 1. The summed E-state index contributed by atoms with van der Waals surface area (Å²) in [7, 11) is 0. The number of aromatic nitrogens is 3. The molecule has 58 valence electrons. The molecule has 0 saturated heterocycles. The molecule has 0 aliphatic rings. The number of amides is 1. The van der Waals surface area contributed by atoms with Crippen LogP contribution in [0.15, 0.2) is 6.33 Å². The van der Waals surface area contributed by atoms with Crippen LogP contribution in [0.1, 0.15) is 22.3 Å². The molecule has 1 heterocycles. The van der Waals surface area contributed by atoms with Gasteiger partial charge in [0.2, 0.25) is 11.7 Å². The highest BCUT2D eigenvalue weighted by molar-refractivity contribution is 5.93. The Hall–Kier alpha value is -1.72. The van der Waals surface area contributed by atoms with Gasteiger partial charge in [0.25, 0.3) is 5.91 Å². The van der Waals surface area contributed by atoms with E-state index < -0.39 is 11.8 Å². The van der Waals surface area contributed by atoms with Crippen molar-refractivity contribution in [3.63, 3.8) is 0 Å². The summed E-state index contributed by atoms with van der Waals surface area (Å²) in [5.41, 5.74) is 4.88. The van der Waals surface area contributed by atoms with Crippen molar-refractivity contribution in [2.45, 2.75) is 6.92 Å². The summed E-state index contributed by atoms with van der Waals surface area (Å²) < 4.78 is 0.850. The van der Waals surface area contributed by atoms with Gasteiger partial charge in [0.15, 0.2) is 0 Å². The normalized spacial score (nSPS) is 9.55. The van der Waals surface area contributed by atoms with Gasteiger partial charge in [-0.05, 0) is 0 Å². The minimum atomic E-state index is -0.766. The average molecular weight is 154 g/mol. The lowest BCUT2D eigenvalue weighted by Gasteiger charge is -1.94.